The molecule has 8 heteroatoms. The summed E-state index contributed by atoms with van der Waals surface area (Å²) in [5, 5.41) is 11.1. The van der Waals surface area contributed by atoms with E-state index in [0.29, 0.717) is 11.3 Å². The molecule has 0 spiro atoms. The molecule has 0 aliphatic heterocycles. The molecule has 1 heterocycles. The Balaban J connectivity index is 1.97. The zero-order valence-corrected chi connectivity index (χ0v) is 13.6. The molecule has 7 nitrogen and oxygen atoms in total. The van der Waals surface area contributed by atoms with Gasteiger partial charge in [0.1, 0.15) is 5.76 Å². The fourth-order valence-corrected chi connectivity index (χ4v) is 2.82. The number of nitrogens with one attached hydrogen (secondary N) is 2. The number of furan rings is 1. The maximum absolute atomic E-state index is 12.2. The van der Waals surface area contributed by atoms with Crippen molar-refractivity contribution in [3.05, 3.63) is 60.1 Å². The molecule has 24 heavy (non-hydrogen) atoms. The van der Waals surface area contributed by atoms with Crippen LogP contribution in [0, 0.1) is 0 Å². The maximum atomic E-state index is 12.2. The molecule has 0 radical (unpaired) electrons. The Morgan fingerprint density at radius 3 is 2.58 bits per heavy atom. The number of rotatable bonds is 8. The van der Waals surface area contributed by atoms with E-state index in [0.717, 1.165) is 0 Å². The number of carbonyl (C=O) groups excluding carboxylic acids is 1. The summed E-state index contributed by atoms with van der Waals surface area (Å²) in [5.74, 6) is 0.188. The van der Waals surface area contributed by atoms with Gasteiger partial charge in [0.05, 0.1) is 24.3 Å². The Hall–Kier alpha value is -2.42. The summed E-state index contributed by atoms with van der Waals surface area (Å²) in [7, 11) is -3.64. The molecule has 2 rings (SSSR count). The van der Waals surface area contributed by atoms with E-state index in [1.807, 2.05) is 0 Å². The highest BCUT2D eigenvalue weighted by Crippen LogP contribution is 2.12. The fraction of sp³-hybridized carbons (Fsp3) is 0.188. The van der Waals surface area contributed by atoms with Crippen LogP contribution in [0.25, 0.3) is 6.08 Å². The van der Waals surface area contributed by atoms with Gasteiger partial charge in [-0.25, -0.2) is 13.1 Å². The Morgan fingerprint density at radius 2 is 1.96 bits per heavy atom. The first-order valence-electron chi connectivity index (χ1n) is 7.20. The van der Waals surface area contributed by atoms with Crippen LogP contribution < -0.4 is 10.0 Å². The van der Waals surface area contributed by atoms with Gasteiger partial charge in [-0.1, -0.05) is 12.1 Å². The second kappa shape index (κ2) is 8.44. The van der Waals surface area contributed by atoms with E-state index in [4.69, 9.17) is 9.52 Å². The smallest absolute Gasteiger partial charge is 0.244 e. The largest absolute Gasteiger partial charge is 0.468 e. The van der Waals surface area contributed by atoms with Gasteiger partial charge in [0.15, 0.2) is 0 Å². The molecule has 1 aromatic heterocycles. The standard InChI is InChI=1S/C16H18N2O5S/c19-10-9-17-16(20)8-5-13-3-6-15(7-4-13)24(21,22)18-12-14-2-1-11-23-14/h1-8,11,18-19H,9-10,12H2,(H,17,20)/b8-5+. The molecule has 0 fully saturated rings. The number of carbonyl (C=O) groups is 1. The Labute approximate surface area is 140 Å². The normalized spacial score (nSPS) is 11.7. The van der Waals surface area contributed by atoms with E-state index in [1.165, 1.54) is 24.5 Å². The van der Waals surface area contributed by atoms with Crippen LogP contribution in [0.2, 0.25) is 0 Å². The number of aliphatic hydroxyl groups excluding tert-OH is 1. The lowest BCUT2D eigenvalue weighted by Crippen LogP contribution is -2.24. The molecule has 0 saturated heterocycles. The minimum absolute atomic E-state index is 0.0714. The van der Waals surface area contributed by atoms with Gasteiger partial charge in [0.2, 0.25) is 15.9 Å². The Morgan fingerprint density at radius 1 is 1.21 bits per heavy atom. The molecule has 0 atom stereocenters. The highest BCUT2D eigenvalue weighted by Gasteiger charge is 2.13. The predicted octanol–water partition coefficient (Wildman–Crippen LogP) is 0.880. The second-order valence-corrected chi connectivity index (χ2v) is 6.59. The average molecular weight is 350 g/mol. The predicted molar refractivity (Wildman–Crippen MR) is 88.3 cm³/mol. The summed E-state index contributed by atoms with van der Waals surface area (Å²) < 4.78 is 31.8. The van der Waals surface area contributed by atoms with Crippen LogP contribution >= 0.6 is 0 Å². The molecule has 1 amide bonds. The molecule has 3 N–H and O–H groups in total. The van der Waals surface area contributed by atoms with Gasteiger partial charge in [0, 0.05) is 12.6 Å². The van der Waals surface area contributed by atoms with Crippen LogP contribution in [-0.2, 0) is 21.4 Å². The Bertz CT molecular complexity index is 780. The quantitative estimate of drug-likeness (QED) is 0.613. The minimum Gasteiger partial charge on any atom is -0.468 e. The van der Waals surface area contributed by atoms with Crippen molar-refractivity contribution in [3.63, 3.8) is 0 Å². The third kappa shape index (κ3) is 5.34. The van der Waals surface area contributed by atoms with Gasteiger partial charge in [-0.2, -0.15) is 0 Å². The topological polar surface area (TPSA) is 109 Å². The second-order valence-electron chi connectivity index (χ2n) is 4.82. The van der Waals surface area contributed by atoms with Crippen molar-refractivity contribution >= 4 is 22.0 Å². The maximum Gasteiger partial charge on any atom is 0.244 e. The summed E-state index contributed by atoms with van der Waals surface area (Å²) in [6.45, 7) is 0.126. The highest BCUT2D eigenvalue weighted by molar-refractivity contribution is 7.89. The van der Waals surface area contributed by atoms with Gasteiger partial charge in [0.25, 0.3) is 0 Å². The first-order chi connectivity index (χ1) is 11.5. The van der Waals surface area contributed by atoms with E-state index in [1.54, 1.807) is 30.3 Å². The van der Waals surface area contributed by atoms with Gasteiger partial charge < -0.3 is 14.8 Å². The van der Waals surface area contributed by atoms with Crippen LogP contribution in [0.15, 0.2) is 58.1 Å². The van der Waals surface area contributed by atoms with Crippen molar-refractivity contribution in [1.29, 1.82) is 0 Å². The molecule has 0 bridgehead atoms. The van der Waals surface area contributed by atoms with E-state index in [2.05, 4.69) is 10.0 Å². The lowest BCUT2D eigenvalue weighted by Gasteiger charge is -2.05. The van der Waals surface area contributed by atoms with Crippen molar-refractivity contribution in [3.8, 4) is 0 Å². The van der Waals surface area contributed by atoms with E-state index < -0.39 is 10.0 Å². The molecule has 2 aromatic rings. The fourth-order valence-electron chi connectivity index (χ4n) is 1.83. The van der Waals surface area contributed by atoms with Crippen molar-refractivity contribution in [1.82, 2.24) is 10.0 Å². The third-order valence-electron chi connectivity index (χ3n) is 3.05. The molecule has 0 unspecified atom stereocenters. The number of sulfonamides is 1. The first kappa shape index (κ1) is 17.9. The zero-order chi connectivity index (χ0) is 17.4. The summed E-state index contributed by atoms with van der Waals surface area (Å²) in [5.41, 5.74) is 0.680. The van der Waals surface area contributed by atoms with E-state index in [-0.39, 0.29) is 30.5 Å². The molecule has 0 aliphatic carbocycles. The lowest BCUT2D eigenvalue weighted by molar-refractivity contribution is -0.116. The number of hydrogen-bond donors (Lipinski definition) is 3. The molecule has 0 saturated carbocycles. The van der Waals surface area contributed by atoms with Gasteiger partial charge in [-0.3, -0.25) is 4.79 Å². The number of hydrogen-bond acceptors (Lipinski definition) is 5. The first-order valence-corrected chi connectivity index (χ1v) is 8.68. The van der Waals surface area contributed by atoms with Crippen LogP contribution in [0.5, 0.6) is 0 Å². The van der Waals surface area contributed by atoms with E-state index >= 15 is 0 Å². The number of benzene rings is 1. The molecule has 128 valence electrons. The van der Waals surface area contributed by atoms with Gasteiger partial charge in [-0.15, -0.1) is 0 Å². The summed E-state index contributed by atoms with van der Waals surface area (Å²) >= 11 is 0. The van der Waals surface area contributed by atoms with Gasteiger partial charge in [-0.05, 0) is 35.9 Å². The number of amides is 1. The van der Waals surface area contributed by atoms with Crippen LogP contribution in [0.1, 0.15) is 11.3 Å². The van der Waals surface area contributed by atoms with Crippen molar-refractivity contribution in [2.45, 2.75) is 11.4 Å². The van der Waals surface area contributed by atoms with Crippen LogP contribution in [0.4, 0.5) is 0 Å². The highest BCUT2D eigenvalue weighted by atomic mass is 32.2. The summed E-state index contributed by atoms with van der Waals surface area (Å²) in [6.07, 6.45) is 4.34. The molecular formula is C16H18N2O5S. The monoisotopic (exact) mass is 350 g/mol. The van der Waals surface area contributed by atoms with Gasteiger partial charge >= 0.3 is 0 Å². The minimum atomic E-state index is -3.64. The van der Waals surface area contributed by atoms with Crippen molar-refractivity contribution in [2.24, 2.45) is 0 Å². The van der Waals surface area contributed by atoms with E-state index in [9.17, 15) is 13.2 Å². The SMILES string of the molecule is O=C(/C=C/c1ccc(S(=O)(=O)NCc2ccco2)cc1)NCCO. The third-order valence-corrected chi connectivity index (χ3v) is 4.46. The zero-order valence-electron chi connectivity index (χ0n) is 12.8. The van der Waals surface area contributed by atoms with Crippen LogP contribution in [0.3, 0.4) is 0 Å². The summed E-state index contributed by atoms with van der Waals surface area (Å²) in [4.78, 5) is 11.5. The molecule has 1 aromatic carbocycles. The summed E-state index contributed by atoms with van der Waals surface area (Å²) in [6, 6.07) is 9.46. The Kier molecular flexibility index (Phi) is 6.30. The van der Waals surface area contributed by atoms with Crippen LogP contribution in [-0.4, -0.2) is 32.6 Å². The average Bonchev–Trinajstić information content (AvgIpc) is 3.10. The van der Waals surface area contributed by atoms with Crippen molar-refractivity contribution < 1.29 is 22.7 Å². The van der Waals surface area contributed by atoms with Crippen molar-refractivity contribution in [2.75, 3.05) is 13.2 Å². The lowest BCUT2D eigenvalue weighted by atomic mass is 10.2. The molecular weight excluding hydrogens is 332 g/mol. The molecule has 0 aliphatic rings. The number of aliphatic hydroxyl groups is 1.